The molecule has 0 radical (unpaired) electrons. The Morgan fingerprint density at radius 2 is 2.00 bits per heavy atom. The molecule has 1 aromatic carbocycles. The summed E-state index contributed by atoms with van der Waals surface area (Å²) in [6.07, 6.45) is 4.62. The van der Waals surface area contributed by atoms with Crippen LogP contribution in [0.4, 0.5) is 0 Å². The molecule has 21 heavy (non-hydrogen) atoms. The van der Waals surface area contributed by atoms with Crippen LogP contribution >= 0.6 is 0 Å². The van der Waals surface area contributed by atoms with Crippen LogP contribution in [0.2, 0.25) is 0 Å². The molecule has 0 aliphatic rings. The Hall–Kier alpha value is -2.23. The first-order valence-electron chi connectivity index (χ1n) is 7.20. The third-order valence-corrected chi connectivity index (χ3v) is 3.30. The van der Waals surface area contributed by atoms with Gasteiger partial charge in [0.1, 0.15) is 11.5 Å². The van der Waals surface area contributed by atoms with E-state index in [1.807, 2.05) is 24.3 Å². The van der Waals surface area contributed by atoms with Gasteiger partial charge in [-0.15, -0.1) is 0 Å². The van der Waals surface area contributed by atoms with Gasteiger partial charge in [0, 0.05) is 19.4 Å². The summed E-state index contributed by atoms with van der Waals surface area (Å²) in [5, 5.41) is 2.93. The minimum atomic E-state index is 0.0705. The SMILES string of the molecule is COc1ccc(CCCNC(=O)CCc2ccco2)cc1. The van der Waals surface area contributed by atoms with Crippen LogP contribution in [0.15, 0.2) is 47.1 Å². The van der Waals surface area contributed by atoms with Gasteiger partial charge >= 0.3 is 0 Å². The average Bonchev–Trinajstić information content (AvgIpc) is 3.03. The minimum absolute atomic E-state index is 0.0705. The van der Waals surface area contributed by atoms with E-state index in [1.54, 1.807) is 13.4 Å². The maximum Gasteiger partial charge on any atom is 0.220 e. The Balaban J connectivity index is 1.59. The van der Waals surface area contributed by atoms with Crippen LogP contribution in [0.5, 0.6) is 5.75 Å². The Morgan fingerprint density at radius 3 is 2.67 bits per heavy atom. The molecule has 4 heteroatoms. The number of furan rings is 1. The zero-order valence-corrected chi connectivity index (χ0v) is 12.3. The van der Waals surface area contributed by atoms with Crippen molar-refractivity contribution < 1.29 is 13.9 Å². The van der Waals surface area contributed by atoms with Crippen molar-refractivity contribution in [3.63, 3.8) is 0 Å². The highest BCUT2D eigenvalue weighted by Gasteiger charge is 2.03. The lowest BCUT2D eigenvalue weighted by molar-refractivity contribution is -0.121. The average molecular weight is 287 g/mol. The number of methoxy groups -OCH3 is 1. The standard InChI is InChI=1S/C17H21NO3/c1-20-15-8-6-14(7-9-15)4-2-12-18-17(19)11-10-16-5-3-13-21-16/h3,5-9,13H,2,4,10-12H2,1H3,(H,18,19). The fourth-order valence-electron chi connectivity index (χ4n) is 2.09. The van der Waals surface area contributed by atoms with Crippen LogP contribution < -0.4 is 10.1 Å². The summed E-state index contributed by atoms with van der Waals surface area (Å²) in [5.41, 5.74) is 1.25. The second kappa shape index (κ2) is 8.15. The van der Waals surface area contributed by atoms with Crippen LogP contribution in [-0.4, -0.2) is 19.6 Å². The molecule has 1 heterocycles. The number of rotatable bonds is 8. The Labute approximate surface area is 125 Å². The molecule has 4 nitrogen and oxygen atoms in total. The first-order valence-corrected chi connectivity index (χ1v) is 7.20. The van der Waals surface area contributed by atoms with E-state index < -0.39 is 0 Å². The fraction of sp³-hybridized carbons (Fsp3) is 0.353. The quantitative estimate of drug-likeness (QED) is 0.759. The smallest absolute Gasteiger partial charge is 0.220 e. The first kappa shape index (κ1) is 15.2. The summed E-state index contributed by atoms with van der Waals surface area (Å²) >= 11 is 0. The van der Waals surface area contributed by atoms with E-state index in [4.69, 9.17) is 9.15 Å². The summed E-state index contributed by atoms with van der Waals surface area (Å²) in [7, 11) is 1.66. The van der Waals surface area contributed by atoms with Gasteiger partial charge in [0.2, 0.25) is 5.91 Å². The van der Waals surface area contributed by atoms with Crippen molar-refractivity contribution in [1.82, 2.24) is 5.32 Å². The van der Waals surface area contributed by atoms with Gasteiger partial charge in [-0.3, -0.25) is 4.79 Å². The Morgan fingerprint density at radius 1 is 1.19 bits per heavy atom. The van der Waals surface area contributed by atoms with Crippen LogP contribution in [-0.2, 0) is 17.6 Å². The number of hydrogen-bond acceptors (Lipinski definition) is 3. The topological polar surface area (TPSA) is 51.5 Å². The summed E-state index contributed by atoms with van der Waals surface area (Å²) in [4.78, 5) is 11.7. The third-order valence-electron chi connectivity index (χ3n) is 3.30. The van der Waals surface area contributed by atoms with Gasteiger partial charge in [-0.2, -0.15) is 0 Å². The second-order valence-electron chi connectivity index (χ2n) is 4.88. The molecule has 0 spiro atoms. The van der Waals surface area contributed by atoms with E-state index in [-0.39, 0.29) is 5.91 Å². The molecule has 0 aliphatic heterocycles. The van der Waals surface area contributed by atoms with Crippen LogP contribution in [0.3, 0.4) is 0 Å². The molecule has 0 fully saturated rings. The van der Waals surface area contributed by atoms with E-state index in [9.17, 15) is 4.79 Å². The van der Waals surface area contributed by atoms with Crippen LogP contribution in [0.25, 0.3) is 0 Å². The highest BCUT2D eigenvalue weighted by Crippen LogP contribution is 2.12. The third kappa shape index (κ3) is 5.34. The molecule has 0 bridgehead atoms. The number of carbonyl (C=O) groups excluding carboxylic acids is 1. The van der Waals surface area contributed by atoms with Gasteiger partial charge in [-0.25, -0.2) is 0 Å². The van der Waals surface area contributed by atoms with Gasteiger partial charge < -0.3 is 14.5 Å². The number of hydrogen-bond donors (Lipinski definition) is 1. The molecule has 2 aromatic rings. The normalized spacial score (nSPS) is 10.3. The predicted octanol–water partition coefficient (Wildman–Crippen LogP) is 2.97. The molecule has 1 aromatic heterocycles. The maximum atomic E-state index is 11.7. The Kier molecular flexibility index (Phi) is 5.88. The van der Waals surface area contributed by atoms with E-state index >= 15 is 0 Å². The van der Waals surface area contributed by atoms with Crippen molar-refractivity contribution in [1.29, 1.82) is 0 Å². The lowest BCUT2D eigenvalue weighted by Crippen LogP contribution is -2.24. The van der Waals surface area contributed by atoms with E-state index in [0.717, 1.165) is 24.4 Å². The highest BCUT2D eigenvalue weighted by molar-refractivity contribution is 5.76. The number of nitrogens with one attached hydrogen (secondary N) is 1. The van der Waals surface area contributed by atoms with Gasteiger partial charge in [-0.05, 0) is 42.7 Å². The van der Waals surface area contributed by atoms with Crippen molar-refractivity contribution in [3.05, 3.63) is 54.0 Å². The summed E-state index contributed by atoms with van der Waals surface area (Å²) in [6.45, 7) is 0.697. The molecule has 1 N–H and O–H groups in total. The van der Waals surface area contributed by atoms with Gasteiger partial charge in [-0.1, -0.05) is 12.1 Å². The molecule has 0 aliphatic carbocycles. The van der Waals surface area contributed by atoms with E-state index in [0.29, 0.717) is 19.4 Å². The van der Waals surface area contributed by atoms with Crippen molar-refractivity contribution in [2.75, 3.05) is 13.7 Å². The summed E-state index contributed by atoms with van der Waals surface area (Å²) < 4.78 is 10.3. The van der Waals surface area contributed by atoms with Crippen LogP contribution in [0.1, 0.15) is 24.2 Å². The van der Waals surface area contributed by atoms with Gasteiger partial charge in [0.05, 0.1) is 13.4 Å². The second-order valence-corrected chi connectivity index (χ2v) is 4.88. The van der Waals surface area contributed by atoms with Crippen molar-refractivity contribution in [2.45, 2.75) is 25.7 Å². The van der Waals surface area contributed by atoms with Crippen LogP contribution in [0, 0.1) is 0 Å². The number of aryl methyl sites for hydroxylation is 2. The molecule has 1 amide bonds. The first-order chi connectivity index (χ1) is 10.3. The number of carbonyl (C=O) groups is 1. The highest BCUT2D eigenvalue weighted by atomic mass is 16.5. The number of benzene rings is 1. The molecular formula is C17H21NO3. The van der Waals surface area contributed by atoms with E-state index in [1.165, 1.54) is 5.56 Å². The molecule has 0 saturated carbocycles. The molecule has 2 rings (SSSR count). The zero-order valence-electron chi connectivity index (χ0n) is 12.3. The summed E-state index contributed by atoms with van der Waals surface area (Å²) in [5.74, 6) is 1.79. The Bertz CT molecular complexity index is 532. The van der Waals surface area contributed by atoms with Gasteiger partial charge in [0.25, 0.3) is 0 Å². The zero-order chi connectivity index (χ0) is 14.9. The van der Waals surface area contributed by atoms with E-state index in [2.05, 4.69) is 17.4 Å². The molecule has 0 saturated heterocycles. The molecular weight excluding hydrogens is 266 g/mol. The van der Waals surface area contributed by atoms with Crippen molar-refractivity contribution >= 4 is 5.91 Å². The lowest BCUT2D eigenvalue weighted by atomic mass is 10.1. The molecule has 0 unspecified atom stereocenters. The van der Waals surface area contributed by atoms with Crippen molar-refractivity contribution in [3.8, 4) is 5.75 Å². The fourth-order valence-corrected chi connectivity index (χ4v) is 2.09. The minimum Gasteiger partial charge on any atom is -0.497 e. The maximum absolute atomic E-state index is 11.7. The largest absolute Gasteiger partial charge is 0.497 e. The number of ether oxygens (including phenoxy) is 1. The lowest BCUT2D eigenvalue weighted by Gasteiger charge is -2.05. The number of amides is 1. The molecule has 0 atom stereocenters. The van der Waals surface area contributed by atoms with Gasteiger partial charge in [0.15, 0.2) is 0 Å². The monoisotopic (exact) mass is 287 g/mol. The molecule has 112 valence electrons. The predicted molar refractivity (Wildman–Crippen MR) is 81.4 cm³/mol. The summed E-state index contributed by atoms with van der Waals surface area (Å²) in [6, 6.07) is 11.7. The van der Waals surface area contributed by atoms with Crippen molar-refractivity contribution in [2.24, 2.45) is 0 Å².